The molecule has 4 bridgehead atoms. The van der Waals surface area contributed by atoms with Crippen LogP contribution in [0.1, 0.15) is 44.1 Å². The lowest BCUT2D eigenvalue weighted by Crippen LogP contribution is -2.50. The van der Waals surface area contributed by atoms with Gasteiger partial charge in [0.1, 0.15) is 0 Å². The molecule has 0 heterocycles. The molecule has 5 rings (SSSR count). The van der Waals surface area contributed by atoms with Crippen LogP contribution in [0.2, 0.25) is 5.02 Å². The summed E-state index contributed by atoms with van der Waals surface area (Å²) in [6.07, 6.45) is 1.45. The Morgan fingerprint density at radius 3 is 2.21 bits per heavy atom. The SMILES string of the molecule is O=C(COC(=O)C12CC3CC(CC(C3)C1)C2)Nc1cc(C(F)(F)F)ccc1Cl. The van der Waals surface area contributed by atoms with E-state index in [9.17, 15) is 22.8 Å². The second kappa shape index (κ2) is 6.94. The molecule has 0 saturated heterocycles. The van der Waals surface area contributed by atoms with Crippen LogP contribution in [0.5, 0.6) is 0 Å². The van der Waals surface area contributed by atoms with Crippen LogP contribution in [0.4, 0.5) is 18.9 Å². The Kier molecular flexibility index (Phi) is 4.84. The standard InChI is InChI=1S/C20H21ClF3NO3/c21-15-2-1-14(20(22,23)24)6-16(15)25-17(26)10-28-18(27)19-7-11-3-12(8-19)5-13(4-11)9-19/h1-2,6,11-13H,3-5,7-10H2,(H,25,26). The largest absolute Gasteiger partial charge is 0.455 e. The van der Waals surface area contributed by atoms with E-state index >= 15 is 0 Å². The van der Waals surface area contributed by atoms with Gasteiger partial charge in [-0.25, -0.2) is 0 Å². The fourth-order valence-electron chi connectivity index (χ4n) is 5.63. The van der Waals surface area contributed by atoms with Crippen LogP contribution in [-0.4, -0.2) is 18.5 Å². The summed E-state index contributed by atoms with van der Waals surface area (Å²) in [6, 6.07) is 2.67. The van der Waals surface area contributed by atoms with Crippen molar-refractivity contribution in [2.45, 2.75) is 44.7 Å². The van der Waals surface area contributed by atoms with Gasteiger partial charge in [0, 0.05) is 0 Å². The molecule has 4 saturated carbocycles. The first-order valence-corrected chi connectivity index (χ1v) is 9.86. The maximum Gasteiger partial charge on any atom is 0.416 e. The molecule has 0 spiro atoms. The molecule has 0 atom stereocenters. The van der Waals surface area contributed by atoms with Crippen LogP contribution >= 0.6 is 11.6 Å². The second-order valence-corrected chi connectivity index (χ2v) is 8.92. The third-order valence-electron chi connectivity index (χ3n) is 6.37. The van der Waals surface area contributed by atoms with Gasteiger partial charge in [-0.05, 0) is 74.5 Å². The number of ether oxygens (including phenoxy) is 1. The topological polar surface area (TPSA) is 55.4 Å². The summed E-state index contributed by atoms with van der Waals surface area (Å²) in [7, 11) is 0. The number of esters is 1. The van der Waals surface area contributed by atoms with Gasteiger partial charge in [0.05, 0.1) is 21.7 Å². The van der Waals surface area contributed by atoms with E-state index in [1.807, 2.05) is 0 Å². The van der Waals surface area contributed by atoms with E-state index in [2.05, 4.69) is 5.32 Å². The smallest absolute Gasteiger partial charge is 0.416 e. The van der Waals surface area contributed by atoms with Crippen LogP contribution in [0.15, 0.2) is 18.2 Å². The van der Waals surface area contributed by atoms with Crippen LogP contribution < -0.4 is 5.32 Å². The van der Waals surface area contributed by atoms with Gasteiger partial charge >= 0.3 is 12.1 Å². The molecular weight excluding hydrogens is 395 g/mol. The van der Waals surface area contributed by atoms with Gasteiger partial charge in [0.25, 0.3) is 5.91 Å². The first kappa shape index (κ1) is 19.6. The highest BCUT2D eigenvalue weighted by molar-refractivity contribution is 6.33. The molecule has 0 aliphatic heterocycles. The van der Waals surface area contributed by atoms with Crippen LogP contribution in [0, 0.1) is 23.2 Å². The molecule has 0 unspecified atom stereocenters. The molecule has 1 amide bonds. The number of alkyl halides is 3. The Hall–Kier alpha value is -1.76. The van der Waals surface area contributed by atoms with Gasteiger partial charge in [-0.2, -0.15) is 13.2 Å². The summed E-state index contributed by atoms with van der Waals surface area (Å²) < 4.78 is 43.8. The molecule has 4 aliphatic rings. The Balaban J connectivity index is 1.37. The summed E-state index contributed by atoms with van der Waals surface area (Å²) >= 11 is 5.87. The normalized spacial score (nSPS) is 30.9. The minimum absolute atomic E-state index is 0.0197. The first-order chi connectivity index (χ1) is 13.1. The van der Waals surface area contributed by atoms with Gasteiger partial charge < -0.3 is 10.1 Å². The number of carbonyl (C=O) groups is 2. The fraction of sp³-hybridized carbons (Fsp3) is 0.600. The molecular formula is C20H21ClF3NO3. The Morgan fingerprint density at radius 1 is 1.11 bits per heavy atom. The quantitative estimate of drug-likeness (QED) is 0.699. The predicted octanol–water partition coefficient (Wildman–Crippen LogP) is 5.06. The number of carbonyl (C=O) groups excluding carboxylic acids is 2. The summed E-state index contributed by atoms with van der Waals surface area (Å²) in [5, 5.41) is 2.28. The number of anilines is 1. The summed E-state index contributed by atoms with van der Waals surface area (Å²) in [5.74, 6) is 0.640. The van der Waals surface area contributed by atoms with Crippen molar-refractivity contribution in [1.29, 1.82) is 0 Å². The fourth-order valence-corrected chi connectivity index (χ4v) is 5.79. The summed E-state index contributed by atoms with van der Waals surface area (Å²) in [4.78, 5) is 24.9. The Labute approximate surface area is 165 Å². The lowest BCUT2D eigenvalue weighted by Gasteiger charge is -2.55. The Bertz CT molecular complexity index is 773. The van der Waals surface area contributed by atoms with E-state index in [-0.39, 0.29) is 16.7 Å². The number of benzene rings is 1. The van der Waals surface area contributed by atoms with Crippen molar-refractivity contribution in [3.05, 3.63) is 28.8 Å². The number of rotatable bonds is 4. The highest BCUT2D eigenvalue weighted by Gasteiger charge is 2.55. The van der Waals surface area contributed by atoms with Crippen LogP contribution in [-0.2, 0) is 20.5 Å². The lowest BCUT2D eigenvalue weighted by molar-refractivity contribution is -0.172. The Morgan fingerprint density at radius 2 is 1.68 bits per heavy atom. The molecule has 4 nitrogen and oxygen atoms in total. The zero-order chi connectivity index (χ0) is 20.1. The van der Waals surface area contributed by atoms with E-state index < -0.39 is 29.7 Å². The van der Waals surface area contributed by atoms with Gasteiger partial charge in [0.2, 0.25) is 0 Å². The van der Waals surface area contributed by atoms with Crippen LogP contribution in [0.3, 0.4) is 0 Å². The average Bonchev–Trinajstić information content (AvgIpc) is 2.59. The van der Waals surface area contributed by atoms with Crippen molar-refractivity contribution < 1.29 is 27.5 Å². The number of amides is 1. The van der Waals surface area contributed by atoms with E-state index in [4.69, 9.17) is 16.3 Å². The molecule has 0 aromatic heterocycles. The number of halogens is 4. The summed E-state index contributed by atoms with van der Waals surface area (Å²) in [6.45, 7) is -0.535. The van der Waals surface area contributed by atoms with Gasteiger partial charge in [-0.15, -0.1) is 0 Å². The maximum atomic E-state index is 12.8. The molecule has 4 fully saturated rings. The minimum Gasteiger partial charge on any atom is -0.455 e. The van der Waals surface area contributed by atoms with Crippen molar-refractivity contribution in [3.8, 4) is 0 Å². The van der Waals surface area contributed by atoms with Crippen molar-refractivity contribution >= 4 is 29.2 Å². The molecule has 28 heavy (non-hydrogen) atoms. The van der Waals surface area contributed by atoms with E-state index in [1.165, 1.54) is 19.3 Å². The van der Waals surface area contributed by atoms with Gasteiger partial charge in [0.15, 0.2) is 6.61 Å². The molecule has 1 aromatic rings. The van der Waals surface area contributed by atoms with Crippen LogP contribution in [0.25, 0.3) is 0 Å². The molecule has 4 aliphatic carbocycles. The minimum atomic E-state index is -4.55. The third-order valence-corrected chi connectivity index (χ3v) is 6.70. The van der Waals surface area contributed by atoms with Gasteiger partial charge in [-0.3, -0.25) is 9.59 Å². The second-order valence-electron chi connectivity index (χ2n) is 8.51. The van der Waals surface area contributed by atoms with E-state index in [0.717, 1.165) is 37.5 Å². The predicted molar refractivity (Wildman–Crippen MR) is 96.6 cm³/mol. The van der Waals surface area contributed by atoms with Crippen molar-refractivity contribution in [1.82, 2.24) is 0 Å². The molecule has 0 radical (unpaired) electrons. The average molecular weight is 416 g/mol. The zero-order valence-corrected chi connectivity index (χ0v) is 15.9. The lowest BCUT2D eigenvalue weighted by atomic mass is 9.49. The van der Waals surface area contributed by atoms with Gasteiger partial charge in [-0.1, -0.05) is 11.6 Å². The first-order valence-electron chi connectivity index (χ1n) is 9.48. The summed E-state index contributed by atoms with van der Waals surface area (Å²) in [5.41, 5.74) is -1.56. The number of hydrogen-bond acceptors (Lipinski definition) is 3. The monoisotopic (exact) mass is 415 g/mol. The van der Waals surface area contributed by atoms with E-state index in [0.29, 0.717) is 17.8 Å². The number of hydrogen-bond donors (Lipinski definition) is 1. The maximum absolute atomic E-state index is 12.8. The van der Waals surface area contributed by atoms with Crippen molar-refractivity contribution in [2.24, 2.45) is 23.2 Å². The molecule has 152 valence electrons. The van der Waals surface area contributed by atoms with E-state index in [1.54, 1.807) is 0 Å². The third kappa shape index (κ3) is 3.73. The molecule has 1 aromatic carbocycles. The highest BCUT2D eigenvalue weighted by atomic mass is 35.5. The number of nitrogens with one attached hydrogen (secondary N) is 1. The molecule has 8 heteroatoms. The van der Waals surface area contributed by atoms with Crippen molar-refractivity contribution in [2.75, 3.05) is 11.9 Å². The highest BCUT2D eigenvalue weighted by Crippen LogP contribution is 2.60. The zero-order valence-electron chi connectivity index (χ0n) is 15.2. The van der Waals surface area contributed by atoms with Crippen molar-refractivity contribution in [3.63, 3.8) is 0 Å². The molecule has 1 N–H and O–H groups in total.